The van der Waals surface area contributed by atoms with E-state index < -0.39 is 23.3 Å². The molecule has 160 valence electrons. The number of para-hydroxylation sites is 1. The quantitative estimate of drug-likeness (QED) is 0.702. The maximum atomic E-state index is 14.6. The van der Waals surface area contributed by atoms with Gasteiger partial charge in [-0.1, -0.05) is 6.07 Å². The molecule has 1 unspecified atom stereocenters. The number of anilines is 1. The number of imide groups is 1. The van der Waals surface area contributed by atoms with Crippen molar-refractivity contribution in [1.29, 1.82) is 0 Å². The van der Waals surface area contributed by atoms with Crippen molar-refractivity contribution in [3.63, 3.8) is 0 Å². The number of nitrogens with zero attached hydrogens (tertiary/aromatic N) is 3. The van der Waals surface area contributed by atoms with Gasteiger partial charge in [-0.05, 0) is 31.5 Å². The number of rotatable bonds is 2. The lowest BCUT2D eigenvalue weighted by molar-refractivity contribution is -0.151. The molecule has 10 heteroatoms. The number of aromatic nitrogens is 2. The first-order valence-electron chi connectivity index (χ1n) is 10.1. The predicted molar refractivity (Wildman–Crippen MR) is 106 cm³/mol. The second kappa shape index (κ2) is 6.37. The van der Waals surface area contributed by atoms with Crippen LogP contribution in [0.2, 0.25) is 0 Å². The van der Waals surface area contributed by atoms with E-state index in [1.807, 2.05) is 11.0 Å². The number of nitrogens with one attached hydrogen (secondary N) is 2. The first-order valence-corrected chi connectivity index (χ1v) is 10.1. The summed E-state index contributed by atoms with van der Waals surface area (Å²) >= 11 is 0. The van der Waals surface area contributed by atoms with E-state index in [4.69, 9.17) is 0 Å². The van der Waals surface area contributed by atoms with Crippen molar-refractivity contribution in [3.05, 3.63) is 28.7 Å². The number of carbonyl (C=O) groups excluding carboxylic acids is 2. The van der Waals surface area contributed by atoms with Crippen molar-refractivity contribution in [2.24, 2.45) is 12.5 Å². The highest BCUT2D eigenvalue weighted by Crippen LogP contribution is 2.50. The van der Waals surface area contributed by atoms with E-state index in [1.165, 1.54) is 9.13 Å². The average Bonchev–Trinajstić information content (AvgIpc) is 2.91. The topological polar surface area (TPSA) is 88.4 Å². The maximum Gasteiger partial charge on any atom is 0.329 e. The van der Waals surface area contributed by atoms with Crippen LogP contribution in [0.5, 0.6) is 0 Å². The van der Waals surface area contributed by atoms with Gasteiger partial charge in [0.1, 0.15) is 6.04 Å². The molecule has 0 radical (unpaired) electrons. The maximum absolute atomic E-state index is 14.6. The fraction of sp³-hybridized carbons (Fsp3) is 0.550. The predicted octanol–water partition coefficient (Wildman–Crippen LogP) is 0.753. The number of piperidine rings is 2. The van der Waals surface area contributed by atoms with Gasteiger partial charge in [0.05, 0.1) is 28.7 Å². The lowest BCUT2D eigenvalue weighted by Gasteiger charge is -2.56. The molecule has 2 N–H and O–H groups in total. The molecule has 3 aliphatic rings. The molecule has 5 rings (SSSR count). The van der Waals surface area contributed by atoms with Crippen LogP contribution < -0.4 is 21.2 Å². The zero-order chi connectivity index (χ0) is 21.3. The minimum atomic E-state index is -2.78. The van der Waals surface area contributed by atoms with Crippen molar-refractivity contribution < 1.29 is 18.4 Å². The molecule has 0 saturated carbocycles. The van der Waals surface area contributed by atoms with Crippen LogP contribution in [0.4, 0.5) is 14.5 Å². The van der Waals surface area contributed by atoms with Crippen LogP contribution in [0.25, 0.3) is 11.0 Å². The van der Waals surface area contributed by atoms with Crippen LogP contribution in [0.15, 0.2) is 23.0 Å². The van der Waals surface area contributed by atoms with Gasteiger partial charge >= 0.3 is 5.69 Å². The van der Waals surface area contributed by atoms with E-state index in [9.17, 15) is 23.2 Å². The first kappa shape index (κ1) is 19.2. The minimum absolute atomic E-state index is 0.163. The summed E-state index contributed by atoms with van der Waals surface area (Å²) in [6, 6.07) is 4.57. The van der Waals surface area contributed by atoms with Gasteiger partial charge in [-0.2, -0.15) is 0 Å². The fourth-order valence-electron chi connectivity index (χ4n) is 5.09. The van der Waals surface area contributed by atoms with Crippen LogP contribution >= 0.6 is 0 Å². The molecule has 3 saturated heterocycles. The second-order valence-corrected chi connectivity index (χ2v) is 8.59. The summed E-state index contributed by atoms with van der Waals surface area (Å²) in [5.41, 5.74) is 0.463. The summed E-state index contributed by atoms with van der Waals surface area (Å²) in [4.78, 5) is 38.8. The molecule has 8 nitrogen and oxygen atoms in total. The summed E-state index contributed by atoms with van der Waals surface area (Å²) in [6.07, 6.45) is 0.819. The highest BCUT2D eigenvalue weighted by molar-refractivity contribution is 6.00. The summed E-state index contributed by atoms with van der Waals surface area (Å²) in [5.74, 6) is -3.62. The Kier molecular flexibility index (Phi) is 4.08. The number of benzene rings is 1. The molecule has 1 spiro atoms. The van der Waals surface area contributed by atoms with Gasteiger partial charge in [0.15, 0.2) is 0 Å². The molecule has 2 aromatic rings. The first-order chi connectivity index (χ1) is 14.2. The van der Waals surface area contributed by atoms with Crippen molar-refractivity contribution in [3.8, 4) is 0 Å². The molecule has 0 bridgehead atoms. The number of alkyl halides is 2. The van der Waals surface area contributed by atoms with Gasteiger partial charge in [0.2, 0.25) is 11.8 Å². The van der Waals surface area contributed by atoms with Gasteiger partial charge in [-0.25, -0.2) is 13.6 Å². The molecule has 1 atom stereocenters. The molecule has 30 heavy (non-hydrogen) atoms. The molecule has 1 aromatic carbocycles. The highest BCUT2D eigenvalue weighted by Gasteiger charge is 2.61. The van der Waals surface area contributed by atoms with E-state index in [1.54, 1.807) is 19.2 Å². The van der Waals surface area contributed by atoms with E-state index in [2.05, 4.69) is 10.6 Å². The zero-order valence-corrected chi connectivity index (χ0v) is 16.6. The van der Waals surface area contributed by atoms with Crippen molar-refractivity contribution in [1.82, 2.24) is 19.8 Å². The van der Waals surface area contributed by atoms with Crippen LogP contribution in [-0.4, -0.2) is 53.1 Å². The lowest BCUT2D eigenvalue weighted by Crippen LogP contribution is -2.70. The number of imidazole rings is 1. The normalized spacial score (nSPS) is 25.4. The van der Waals surface area contributed by atoms with Crippen molar-refractivity contribution in [2.75, 3.05) is 31.1 Å². The van der Waals surface area contributed by atoms with Crippen LogP contribution in [0.3, 0.4) is 0 Å². The number of halogens is 2. The van der Waals surface area contributed by atoms with Crippen LogP contribution in [0.1, 0.15) is 25.3 Å². The summed E-state index contributed by atoms with van der Waals surface area (Å²) in [6.45, 7) is 0.699. The van der Waals surface area contributed by atoms with Crippen molar-refractivity contribution in [2.45, 2.75) is 31.2 Å². The second-order valence-electron chi connectivity index (χ2n) is 8.59. The third-order valence-corrected chi connectivity index (χ3v) is 6.83. The number of hydrogen-bond donors (Lipinski definition) is 2. The molecule has 0 aliphatic carbocycles. The number of amides is 2. The molecule has 2 amide bonds. The molecule has 3 fully saturated rings. The van der Waals surface area contributed by atoms with Crippen molar-refractivity contribution >= 4 is 28.5 Å². The Bertz CT molecular complexity index is 1120. The van der Waals surface area contributed by atoms with Crippen LogP contribution in [-0.2, 0) is 16.6 Å². The van der Waals surface area contributed by atoms with Gasteiger partial charge in [0, 0.05) is 26.6 Å². The van der Waals surface area contributed by atoms with Gasteiger partial charge in [-0.3, -0.25) is 24.0 Å². The average molecular weight is 419 g/mol. The Balaban J connectivity index is 1.54. The molecular formula is C20H23F2N5O3. The van der Waals surface area contributed by atoms with E-state index in [-0.39, 0.29) is 44.1 Å². The zero-order valence-electron chi connectivity index (χ0n) is 16.6. The standard InChI is InChI=1S/C20H23F2N5O3/c1-25-16-12(26-10-19(11-26)7-8-23-9-20(19,21)22)3-2-4-13(16)27(18(25)30)14-5-6-15(28)24-17(14)29/h2-4,14,23H,5-11H2,1H3,(H,24,28,29). The van der Waals surface area contributed by atoms with Gasteiger partial charge < -0.3 is 10.2 Å². The largest absolute Gasteiger partial charge is 0.368 e. The van der Waals surface area contributed by atoms with Gasteiger partial charge in [-0.15, -0.1) is 0 Å². The summed E-state index contributed by atoms with van der Waals surface area (Å²) < 4.78 is 32.0. The Morgan fingerprint density at radius 2 is 1.93 bits per heavy atom. The molecular weight excluding hydrogens is 396 g/mol. The fourth-order valence-corrected chi connectivity index (χ4v) is 5.09. The Labute approximate surface area is 170 Å². The SMILES string of the molecule is Cn1c(=O)n(C2CCC(=O)NC2=O)c2cccc(N3CC4(CCNCC4(F)F)C3)c21. The van der Waals surface area contributed by atoms with Crippen LogP contribution in [0, 0.1) is 5.41 Å². The van der Waals surface area contributed by atoms with E-state index in [0.717, 1.165) is 0 Å². The highest BCUT2D eigenvalue weighted by atomic mass is 19.3. The number of carbonyl (C=O) groups is 2. The summed E-state index contributed by atoms with van der Waals surface area (Å²) in [7, 11) is 1.62. The Hall–Kier alpha value is -2.75. The van der Waals surface area contributed by atoms with E-state index >= 15 is 0 Å². The number of hydrogen-bond acceptors (Lipinski definition) is 5. The molecule has 3 aliphatic heterocycles. The van der Waals surface area contributed by atoms with Gasteiger partial charge in [0.25, 0.3) is 5.92 Å². The minimum Gasteiger partial charge on any atom is -0.368 e. The number of aryl methyl sites for hydroxylation is 1. The Morgan fingerprint density at radius 3 is 2.63 bits per heavy atom. The van der Waals surface area contributed by atoms with E-state index in [0.29, 0.717) is 29.7 Å². The smallest absolute Gasteiger partial charge is 0.329 e. The Morgan fingerprint density at radius 1 is 1.17 bits per heavy atom. The molecule has 4 heterocycles. The lowest BCUT2D eigenvalue weighted by atomic mass is 9.69. The summed E-state index contributed by atoms with van der Waals surface area (Å²) in [5, 5.41) is 5.06. The third-order valence-electron chi connectivity index (χ3n) is 6.83. The third kappa shape index (κ3) is 2.55. The monoisotopic (exact) mass is 419 g/mol. The number of fused-ring (bicyclic) bond motifs is 1. The molecule has 1 aromatic heterocycles.